The van der Waals surface area contributed by atoms with Gasteiger partial charge in [0.25, 0.3) is 0 Å². The van der Waals surface area contributed by atoms with Crippen LogP contribution in [0.2, 0.25) is 0 Å². The molecule has 0 rings (SSSR count). The molecule has 0 aromatic carbocycles. The molecule has 0 fully saturated rings. The summed E-state index contributed by atoms with van der Waals surface area (Å²) < 4.78 is 0. The standard InChI is InChI=1S/ClH.Cr.H2O.Zn/h1H;;1H2;/q;+3;;+2/p-2. The van der Waals surface area contributed by atoms with Gasteiger partial charge in [-0.2, -0.15) is 0 Å². The smallest absolute Gasteiger partial charge is 1.00 e. The second kappa shape index (κ2) is 25.9. The van der Waals surface area contributed by atoms with Crippen LogP contribution >= 0.6 is 0 Å². The van der Waals surface area contributed by atoms with Gasteiger partial charge in [0.2, 0.25) is 0 Å². The fourth-order valence-corrected chi connectivity index (χ4v) is 0. The van der Waals surface area contributed by atoms with E-state index in [0.29, 0.717) is 0 Å². The van der Waals surface area contributed by atoms with Crippen LogP contribution in [0.3, 0.4) is 0 Å². The van der Waals surface area contributed by atoms with Crippen molar-refractivity contribution < 1.29 is 54.7 Å². The summed E-state index contributed by atoms with van der Waals surface area (Å²) in [4.78, 5) is 0. The summed E-state index contributed by atoms with van der Waals surface area (Å²) in [7, 11) is 0. The average Bonchev–Trinajstić information content (AvgIpc) is 0. The normalized spacial score (nSPS) is 0. The topological polar surface area (TPSA) is 30.0 Å². The van der Waals surface area contributed by atoms with Gasteiger partial charge in [0.1, 0.15) is 0 Å². The molecule has 0 atom stereocenters. The maximum atomic E-state index is 0. The van der Waals surface area contributed by atoms with Gasteiger partial charge in [0.05, 0.1) is 0 Å². The molecule has 0 saturated carbocycles. The molecule has 0 saturated heterocycles. The number of hydrogen-bond acceptors (Lipinski definition) is 1. The summed E-state index contributed by atoms with van der Waals surface area (Å²) in [5.74, 6) is 0. The van der Waals surface area contributed by atoms with Crippen molar-refractivity contribution in [1.82, 2.24) is 0 Å². The van der Waals surface area contributed by atoms with Gasteiger partial charge >= 0.3 is 36.8 Å². The molecule has 0 aliphatic rings. The Morgan fingerprint density at radius 2 is 1.00 bits per heavy atom. The van der Waals surface area contributed by atoms with Crippen molar-refractivity contribution in [1.29, 1.82) is 0 Å². The van der Waals surface area contributed by atoms with Crippen LogP contribution in [-0.4, -0.2) is 5.48 Å². The Balaban J connectivity index is 0. The van der Waals surface area contributed by atoms with E-state index in [4.69, 9.17) is 0 Å². The Kier molecular flexibility index (Phi) is 343. The summed E-state index contributed by atoms with van der Waals surface area (Å²) >= 11 is 0. The molecular formula is HClCrOZn+3. The third kappa shape index (κ3) is 9.97. The second-order valence-corrected chi connectivity index (χ2v) is 0. The maximum absolute atomic E-state index is 0. The molecule has 19 valence electrons. The Bertz CT molecular complexity index is 8.00. The van der Waals surface area contributed by atoms with Crippen molar-refractivity contribution in [2.75, 3.05) is 0 Å². The van der Waals surface area contributed by atoms with E-state index in [2.05, 4.69) is 0 Å². The van der Waals surface area contributed by atoms with Gasteiger partial charge in [-0.05, 0) is 0 Å². The van der Waals surface area contributed by atoms with Crippen LogP contribution in [0.1, 0.15) is 0 Å². The molecule has 0 aliphatic heterocycles. The van der Waals surface area contributed by atoms with Gasteiger partial charge in [-0.15, -0.1) is 0 Å². The third-order valence-corrected chi connectivity index (χ3v) is 0. The molecule has 4 heavy (non-hydrogen) atoms. The van der Waals surface area contributed by atoms with Gasteiger partial charge in [-0.1, -0.05) is 0 Å². The van der Waals surface area contributed by atoms with Crippen LogP contribution in [0.4, 0.5) is 0 Å². The Hall–Kier alpha value is 1.41. The second-order valence-electron chi connectivity index (χ2n) is 0. The minimum Gasteiger partial charge on any atom is -1.00 e. The first kappa shape index (κ1) is 53.1. The van der Waals surface area contributed by atoms with Crippen molar-refractivity contribution >= 4 is 0 Å². The van der Waals surface area contributed by atoms with Crippen molar-refractivity contribution in [3.63, 3.8) is 0 Å². The van der Waals surface area contributed by atoms with E-state index in [1.54, 1.807) is 0 Å². The molecule has 1 N–H and O–H groups in total. The zero-order valence-electron chi connectivity index (χ0n) is 1.94. The Morgan fingerprint density at radius 3 is 1.00 bits per heavy atom. The largest absolute Gasteiger partial charge is 3.00 e. The molecule has 0 aromatic heterocycles. The van der Waals surface area contributed by atoms with E-state index in [9.17, 15) is 0 Å². The molecule has 0 bridgehead atoms. The van der Waals surface area contributed by atoms with Crippen molar-refractivity contribution in [2.24, 2.45) is 0 Å². The molecule has 0 aliphatic carbocycles. The fraction of sp³-hybridized carbons (Fsp3) is 0. The third-order valence-electron chi connectivity index (χ3n) is 0. The van der Waals surface area contributed by atoms with Crippen LogP contribution in [0.15, 0.2) is 0 Å². The summed E-state index contributed by atoms with van der Waals surface area (Å²) in [6.45, 7) is 0. The van der Waals surface area contributed by atoms with Crippen LogP contribution in [0.5, 0.6) is 0 Å². The first-order valence-electron chi connectivity index (χ1n) is 0. The van der Waals surface area contributed by atoms with Crippen LogP contribution in [-0.2, 0) is 36.8 Å². The van der Waals surface area contributed by atoms with Crippen LogP contribution in [0, 0.1) is 0 Å². The van der Waals surface area contributed by atoms with Gasteiger partial charge in [0, 0.05) is 0 Å². The minimum absolute atomic E-state index is 0. The van der Waals surface area contributed by atoms with Crippen molar-refractivity contribution in [2.45, 2.75) is 0 Å². The Labute approximate surface area is 54.8 Å². The summed E-state index contributed by atoms with van der Waals surface area (Å²) in [5, 5.41) is 0. The van der Waals surface area contributed by atoms with E-state index in [1.807, 2.05) is 0 Å². The molecule has 0 heterocycles. The molecule has 0 unspecified atom stereocenters. The molecule has 1 nitrogen and oxygen atoms in total. The molecule has 4 heteroatoms. The minimum atomic E-state index is 0. The van der Waals surface area contributed by atoms with Gasteiger partial charge in [-0.25, -0.2) is 0 Å². The molecule has 0 spiro atoms. The zero-order valence-corrected chi connectivity index (χ0v) is 6.94. The molecule has 0 aromatic rings. The molecular weight excluding hydrogens is 169 g/mol. The van der Waals surface area contributed by atoms with Crippen molar-refractivity contribution in [3.8, 4) is 0 Å². The predicted octanol–water partition coefficient (Wildman–Crippen LogP) is -3.18. The monoisotopic (exact) mass is 168 g/mol. The van der Waals surface area contributed by atoms with Crippen LogP contribution in [0.25, 0.3) is 0 Å². The summed E-state index contributed by atoms with van der Waals surface area (Å²) in [5.41, 5.74) is 0. The quantitative estimate of drug-likeness (QED) is 0.352. The van der Waals surface area contributed by atoms with E-state index in [-0.39, 0.29) is 54.7 Å². The van der Waals surface area contributed by atoms with Crippen molar-refractivity contribution in [3.05, 3.63) is 0 Å². The molecule has 1 radical (unpaired) electrons. The predicted molar refractivity (Wildman–Crippen MR) is 1.94 cm³/mol. The first-order chi connectivity index (χ1) is 0. The van der Waals surface area contributed by atoms with Crippen LogP contribution < -0.4 is 12.4 Å². The Morgan fingerprint density at radius 1 is 1.00 bits per heavy atom. The summed E-state index contributed by atoms with van der Waals surface area (Å²) in [6, 6.07) is 0. The molecule has 0 amide bonds. The van der Waals surface area contributed by atoms with Gasteiger partial charge in [0.15, 0.2) is 0 Å². The average molecular weight is 170 g/mol. The maximum Gasteiger partial charge on any atom is 3.00 e. The summed E-state index contributed by atoms with van der Waals surface area (Å²) in [6.07, 6.45) is 0. The van der Waals surface area contributed by atoms with E-state index >= 15 is 0 Å². The zero-order chi connectivity index (χ0) is 0. The van der Waals surface area contributed by atoms with E-state index < -0.39 is 0 Å². The van der Waals surface area contributed by atoms with E-state index in [1.165, 1.54) is 0 Å². The van der Waals surface area contributed by atoms with Gasteiger partial charge in [-0.3, -0.25) is 0 Å². The van der Waals surface area contributed by atoms with E-state index in [0.717, 1.165) is 0 Å². The fourth-order valence-electron chi connectivity index (χ4n) is 0. The van der Waals surface area contributed by atoms with Gasteiger partial charge < -0.3 is 17.9 Å². The number of halogens is 1. The number of hydrogen-bond donors (Lipinski definition) is 0. The first-order valence-corrected chi connectivity index (χ1v) is 0. The number of rotatable bonds is 0. The SMILES string of the molecule is [Cl-].[Cr+3].[OH-].[Zn+2].